The monoisotopic (exact) mass is 354 g/mol. The summed E-state index contributed by atoms with van der Waals surface area (Å²) in [6, 6.07) is 0. The molecule has 0 aliphatic heterocycles. The van der Waals surface area contributed by atoms with Crippen molar-refractivity contribution in [3.8, 4) is 0 Å². The quantitative estimate of drug-likeness (QED) is 0.721. The van der Waals surface area contributed by atoms with Gasteiger partial charge in [0.25, 0.3) is 0 Å². The number of carbonyl (C=O) groups excluding carboxylic acids is 2. The number of alkyl carbamates (subject to hydrolysis) is 1. The van der Waals surface area contributed by atoms with Crippen molar-refractivity contribution in [3.63, 3.8) is 0 Å². The topological polar surface area (TPSA) is 95.3 Å². The molecule has 1 heterocycles. The van der Waals surface area contributed by atoms with E-state index in [1.807, 2.05) is 0 Å². The highest BCUT2D eigenvalue weighted by Gasteiger charge is 2.22. The average Bonchev–Trinajstić information content (AvgIpc) is 2.87. The summed E-state index contributed by atoms with van der Waals surface area (Å²) in [4.78, 5) is 23.6. The van der Waals surface area contributed by atoms with Crippen LogP contribution >= 0.6 is 0 Å². The summed E-state index contributed by atoms with van der Waals surface area (Å²) in [6.45, 7) is 10.6. The van der Waals surface area contributed by atoms with Gasteiger partial charge in [-0.1, -0.05) is 25.5 Å². The Kier molecular flexibility index (Phi) is 7.86. The molecule has 1 atom stereocenters. The molecule has 0 aliphatic carbocycles. The lowest BCUT2D eigenvalue weighted by Crippen LogP contribution is -2.34. The van der Waals surface area contributed by atoms with Crippen molar-refractivity contribution in [3.05, 3.63) is 11.4 Å². The molecule has 0 aromatic carbocycles. The van der Waals surface area contributed by atoms with E-state index in [2.05, 4.69) is 29.5 Å². The van der Waals surface area contributed by atoms with Crippen LogP contribution in [-0.4, -0.2) is 46.3 Å². The molecule has 1 unspecified atom stereocenters. The Morgan fingerprint density at radius 2 is 2.00 bits per heavy atom. The van der Waals surface area contributed by atoms with E-state index in [1.165, 1.54) is 7.11 Å². The zero-order chi connectivity index (χ0) is 19.0. The third-order valence-electron chi connectivity index (χ3n) is 3.51. The van der Waals surface area contributed by atoms with Crippen molar-refractivity contribution < 1.29 is 19.1 Å². The molecule has 8 heteroatoms. The zero-order valence-electron chi connectivity index (χ0n) is 16.1. The Hall–Kier alpha value is -2.12. The second-order valence-corrected chi connectivity index (χ2v) is 7.13. The van der Waals surface area contributed by atoms with Crippen LogP contribution in [0.1, 0.15) is 63.6 Å². The summed E-state index contributed by atoms with van der Waals surface area (Å²) < 4.78 is 11.7. The highest BCUT2D eigenvalue weighted by molar-refractivity contribution is 5.88. The summed E-state index contributed by atoms with van der Waals surface area (Å²) in [5.74, 6) is -0.114. The lowest BCUT2D eigenvalue weighted by Gasteiger charge is -2.19. The van der Waals surface area contributed by atoms with Crippen LogP contribution in [0, 0.1) is 5.92 Å². The molecule has 142 valence electrons. The van der Waals surface area contributed by atoms with Crippen molar-refractivity contribution in [2.45, 2.75) is 66.0 Å². The van der Waals surface area contributed by atoms with E-state index in [0.717, 1.165) is 12.8 Å². The molecule has 0 bridgehead atoms. The van der Waals surface area contributed by atoms with E-state index in [0.29, 0.717) is 31.1 Å². The molecule has 0 saturated heterocycles. The third kappa shape index (κ3) is 7.11. The molecule has 0 radical (unpaired) electrons. The van der Waals surface area contributed by atoms with E-state index < -0.39 is 17.7 Å². The number of methoxy groups -OCH3 is 1. The molecule has 0 aliphatic rings. The molecule has 0 saturated carbocycles. The molecular formula is C17H30N4O4. The Balaban J connectivity index is 2.78. The predicted molar refractivity (Wildman–Crippen MR) is 93.4 cm³/mol. The first-order valence-corrected chi connectivity index (χ1v) is 8.65. The molecule has 0 spiro atoms. The number of ether oxygens (including phenoxy) is 2. The van der Waals surface area contributed by atoms with E-state index >= 15 is 0 Å². The largest absolute Gasteiger partial charge is 0.464 e. The van der Waals surface area contributed by atoms with Crippen LogP contribution in [0.2, 0.25) is 0 Å². The molecule has 1 amide bonds. The van der Waals surface area contributed by atoms with Crippen LogP contribution in [0.4, 0.5) is 4.79 Å². The van der Waals surface area contributed by atoms with Gasteiger partial charge in [0.2, 0.25) is 0 Å². The van der Waals surface area contributed by atoms with Crippen molar-refractivity contribution in [1.82, 2.24) is 20.3 Å². The summed E-state index contributed by atoms with van der Waals surface area (Å²) in [5, 5.41) is 10.7. The number of hydrogen-bond acceptors (Lipinski definition) is 6. The van der Waals surface area contributed by atoms with E-state index in [1.54, 1.807) is 25.5 Å². The van der Waals surface area contributed by atoms with E-state index in [-0.39, 0.29) is 5.69 Å². The maximum Gasteiger partial charge on any atom is 0.407 e. The van der Waals surface area contributed by atoms with Crippen molar-refractivity contribution in [2.75, 3.05) is 13.7 Å². The van der Waals surface area contributed by atoms with Gasteiger partial charge in [-0.2, -0.15) is 0 Å². The number of esters is 1. The van der Waals surface area contributed by atoms with Crippen LogP contribution in [-0.2, 0) is 22.4 Å². The maximum atomic E-state index is 11.9. The molecule has 25 heavy (non-hydrogen) atoms. The normalized spacial score (nSPS) is 12.6. The molecule has 8 nitrogen and oxygen atoms in total. The van der Waals surface area contributed by atoms with Crippen LogP contribution in [0.15, 0.2) is 0 Å². The van der Waals surface area contributed by atoms with Gasteiger partial charge in [-0.05, 0) is 33.1 Å². The Labute approximate surface area is 149 Å². The number of nitrogens with one attached hydrogen (secondary N) is 1. The number of aromatic nitrogens is 3. The minimum Gasteiger partial charge on any atom is -0.464 e. The predicted octanol–water partition coefficient (Wildman–Crippen LogP) is 2.57. The Bertz CT molecular complexity index is 578. The van der Waals surface area contributed by atoms with Gasteiger partial charge < -0.3 is 14.8 Å². The standard InChI is InChI=1S/C17H30N4O4/c1-7-8-12(2)11-21-13(14(19-20-21)15(22)24-6)9-10-18-16(23)25-17(3,4)5/h12H,7-11H2,1-6H3,(H,18,23). The highest BCUT2D eigenvalue weighted by atomic mass is 16.6. The Morgan fingerprint density at radius 3 is 2.56 bits per heavy atom. The SMILES string of the molecule is CCCC(C)Cn1nnc(C(=O)OC)c1CCNC(=O)OC(C)(C)C. The van der Waals surface area contributed by atoms with Gasteiger partial charge in [0.15, 0.2) is 5.69 Å². The fraction of sp³-hybridized carbons (Fsp3) is 0.765. The molecule has 1 rings (SSSR count). The van der Waals surface area contributed by atoms with Gasteiger partial charge in [-0.3, -0.25) is 0 Å². The van der Waals surface area contributed by atoms with Crippen molar-refractivity contribution in [1.29, 1.82) is 0 Å². The summed E-state index contributed by atoms with van der Waals surface area (Å²) in [5.41, 5.74) is 0.295. The molecule has 1 aromatic heterocycles. The number of amides is 1. The fourth-order valence-electron chi connectivity index (χ4n) is 2.46. The van der Waals surface area contributed by atoms with Gasteiger partial charge in [0.1, 0.15) is 5.60 Å². The molecule has 1 N–H and O–H groups in total. The second-order valence-electron chi connectivity index (χ2n) is 7.13. The number of rotatable bonds is 8. The first-order chi connectivity index (χ1) is 11.7. The summed E-state index contributed by atoms with van der Waals surface area (Å²) >= 11 is 0. The smallest absolute Gasteiger partial charge is 0.407 e. The first-order valence-electron chi connectivity index (χ1n) is 8.65. The van der Waals surface area contributed by atoms with Gasteiger partial charge in [0.05, 0.1) is 12.8 Å². The van der Waals surface area contributed by atoms with Gasteiger partial charge in [0, 0.05) is 19.5 Å². The fourth-order valence-corrected chi connectivity index (χ4v) is 2.46. The van der Waals surface area contributed by atoms with Gasteiger partial charge in [-0.25, -0.2) is 14.3 Å². The van der Waals surface area contributed by atoms with Crippen LogP contribution < -0.4 is 5.32 Å². The molecular weight excluding hydrogens is 324 g/mol. The summed E-state index contributed by atoms with van der Waals surface area (Å²) in [7, 11) is 1.31. The average molecular weight is 354 g/mol. The van der Waals surface area contributed by atoms with Crippen LogP contribution in [0.25, 0.3) is 0 Å². The third-order valence-corrected chi connectivity index (χ3v) is 3.51. The minimum atomic E-state index is -0.555. The van der Waals surface area contributed by atoms with E-state index in [4.69, 9.17) is 9.47 Å². The maximum absolute atomic E-state index is 11.9. The van der Waals surface area contributed by atoms with Gasteiger partial charge in [-0.15, -0.1) is 5.10 Å². The Morgan fingerprint density at radius 1 is 1.32 bits per heavy atom. The first kappa shape index (κ1) is 20.9. The van der Waals surface area contributed by atoms with Crippen LogP contribution in [0.5, 0.6) is 0 Å². The zero-order valence-corrected chi connectivity index (χ0v) is 16.1. The number of nitrogens with zero attached hydrogens (tertiary/aromatic N) is 3. The minimum absolute atomic E-state index is 0.192. The van der Waals surface area contributed by atoms with Gasteiger partial charge >= 0.3 is 12.1 Å². The lowest BCUT2D eigenvalue weighted by atomic mass is 10.1. The van der Waals surface area contributed by atoms with E-state index in [9.17, 15) is 9.59 Å². The number of hydrogen-bond donors (Lipinski definition) is 1. The lowest BCUT2D eigenvalue weighted by molar-refractivity contribution is 0.0528. The number of carbonyl (C=O) groups is 2. The van der Waals surface area contributed by atoms with Crippen molar-refractivity contribution >= 4 is 12.1 Å². The second kappa shape index (κ2) is 9.39. The van der Waals surface area contributed by atoms with Crippen LogP contribution in [0.3, 0.4) is 0 Å². The molecule has 0 fully saturated rings. The molecule has 1 aromatic rings. The van der Waals surface area contributed by atoms with Crippen molar-refractivity contribution in [2.24, 2.45) is 5.92 Å². The highest BCUT2D eigenvalue weighted by Crippen LogP contribution is 2.13. The summed E-state index contributed by atoms with van der Waals surface area (Å²) in [6.07, 6.45) is 2.05.